The van der Waals surface area contributed by atoms with Gasteiger partial charge in [0.2, 0.25) is 5.78 Å². The number of aryl methyl sites for hydroxylation is 1. The van der Waals surface area contributed by atoms with Crippen molar-refractivity contribution < 1.29 is 24.2 Å². The van der Waals surface area contributed by atoms with Crippen LogP contribution >= 0.6 is 11.3 Å². The molecule has 1 aliphatic heterocycles. The van der Waals surface area contributed by atoms with Crippen LogP contribution in [0.5, 0.6) is 0 Å². The lowest BCUT2D eigenvalue weighted by Crippen LogP contribution is -2.31. The average Bonchev–Trinajstić information content (AvgIpc) is 3.46. The van der Waals surface area contributed by atoms with E-state index in [2.05, 4.69) is 0 Å². The van der Waals surface area contributed by atoms with Gasteiger partial charge in [-0.05, 0) is 53.3 Å². The summed E-state index contributed by atoms with van der Waals surface area (Å²) in [7, 11) is 1.29. The van der Waals surface area contributed by atoms with Gasteiger partial charge in [-0.2, -0.15) is 0 Å². The van der Waals surface area contributed by atoms with Crippen LogP contribution in [0.3, 0.4) is 0 Å². The number of ketones is 1. The van der Waals surface area contributed by atoms with Crippen molar-refractivity contribution in [3.63, 3.8) is 0 Å². The number of carbonyl (C=O) groups excluding carboxylic acids is 3. The van der Waals surface area contributed by atoms with Crippen molar-refractivity contribution >= 4 is 34.7 Å². The number of hydrogen-bond acceptors (Lipinski definition) is 6. The number of thiophene rings is 1. The van der Waals surface area contributed by atoms with Crippen molar-refractivity contribution in [2.45, 2.75) is 19.4 Å². The van der Waals surface area contributed by atoms with E-state index in [1.54, 1.807) is 41.8 Å². The van der Waals surface area contributed by atoms with E-state index in [1.807, 2.05) is 31.2 Å². The minimum absolute atomic E-state index is 0.0405. The normalized spacial score (nSPS) is 15.9. The van der Waals surface area contributed by atoms with Crippen LogP contribution in [0, 0.1) is 0 Å². The molecule has 162 valence electrons. The highest BCUT2D eigenvalue weighted by atomic mass is 32.1. The molecule has 1 aliphatic rings. The predicted octanol–water partition coefficient (Wildman–Crippen LogP) is 4.88. The zero-order valence-electron chi connectivity index (χ0n) is 17.6. The van der Waals surface area contributed by atoms with Crippen molar-refractivity contribution in [1.29, 1.82) is 0 Å². The van der Waals surface area contributed by atoms with Crippen LogP contribution in [0.1, 0.15) is 44.1 Å². The van der Waals surface area contributed by atoms with E-state index in [1.165, 1.54) is 23.3 Å². The first kappa shape index (κ1) is 21.5. The smallest absolute Gasteiger partial charge is 0.337 e. The number of benzene rings is 2. The highest BCUT2D eigenvalue weighted by Crippen LogP contribution is 2.42. The fourth-order valence-corrected chi connectivity index (χ4v) is 4.45. The molecule has 2 aromatic carbocycles. The lowest BCUT2D eigenvalue weighted by Gasteiger charge is -2.27. The molecular weight excluding hydrogens is 426 g/mol. The number of esters is 1. The Morgan fingerprint density at radius 1 is 1.06 bits per heavy atom. The molecular formula is C25H21NO5S. The summed E-state index contributed by atoms with van der Waals surface area (Å²) in [6.07, 6.45) is 0.852. The first-order chi connectivity index (χ1) is 15.5. The molecule has 7 heteroatoms. The monoisotopic (exact) mass is 447 g/mol. The summed E-state index contributed by atoms with van der Waals surface area (Å²) in [6, 6.07) is 16.5. The molecule has 1 unspecified atom stereocenters. The minimum atomic E-state index is -0.799. The largest absolute Gasteiger partial charge is 0.503 e. The number of nitrogens with zero attached hydrogens (tertiary/aromatic N) is 1. The number of methoxy groups -OCH3 is 1. The molecule has 4 rings (SSSR count). The zero-order chi connectivity index (χ0) is 22.8. The highest BCUT2D eigenvalue weighted by Gasteiger charge is 2.44. The van der Waals surface area contributed by atoms with Crippen molar-refractivity contribution in [2.24, 2.45) is 0 Å². The van der Waals surface area contributed by atoms with E-state index in [-0.39, 0.29) is 11.4 Å². The van der Waals surface area contributed by atoms with Crippen LogP contribution < -0.4 is 4.90 Å². The van der Waals surface area contributed by atoms with Gasteiger partial charge < -0.3 is 9.84 Å². The second-order valence-corrected chi connectivity index (χ2v) is 8.23. The van der Waals surface area contributed by atoms with Gasteiger partial charge in [-0.25, -0.2) is 4.79 Å². The SMILES string of the molecule is CCc1ccc(C2C(C(=O)c3cccs3)=C(O)C(=O)N2c2ccc(C(=O)OC)cc2)cc1. The third-order valence-corrected chi connectivity index (χ3v) is 6.34. The number of ether oxygens (including phenoxy) is 1. The van der Waals surface area contributed by atoms with Crippen LogP contribution in [0.15, 0.2) is 77.4 Å². The van der Waals surface area contributed by atoms with Gasteiger partial charge in [0.1, 0.15) is 0 Å². The van der Waals surface area contributed by atoms with Gasteiger partial charge in [0.05, 0.1) is 29.2 Å². The number of aliphatic hydroxyl groups excluding tert-OH is 1. The lowest BCUT2D eigenvalue weighted by atomic mass is 9.94. The molecule has 2 heterocycles. The summed E-state index contributed by atoms with van der Waals surface area (Å²) in [5.41, 5.74) is 2.65. The number of amides is 1. The van der Waals surface area contributed by atoms with E-state index in [0.717, 1.165) is 12.0 Å². The number of hydrogen-bond donors (Lipinski definition) is 1. The third kappa shape index (κ3) is 3.71. The Hall–Kier alpha value is -3.71. The maximum Gasteiger partial charge on any atom is 0.337 e. The molecule has 0 fully saturated rings. The van der Waals surface area contributed by atoms with Crippen molar-refractivity contribution in [3.05, 3.63) is 98.9 Å². The molecule has 1 N–H and O–H groups in total. The van der Waals surface area contributed by atoms with Crippen LogP contribution in [0.2, 0.25) is 0 Å². The van der Waals surface area contributed by atoms with Gasteiger partial charge >= 0.3 is 5.97 Å². The van der Waals surface area contributed by atoms with Gasteiger partial charge in [0.15, 0.2) is 5.76 Å². The topological polar surface area (TPSA) is 83.9 Å². The van der Waals surface area contributed by atoms with E-state index in [9.17, 15) is 19.5 Å². The van der Waals surface area contributed by atoms with Crippen LogP contribution in [0.4, 0.5) is 5.69 Å². The maximum atomic E-state index is 13.3. The molecule has 0 saturated heterocycles. The van der Waals surface area contributed by atoms with Gasteiger partial charge in [-0.3, -0.25) is 14.5 Å². The second kappa shape index (κ2) is 8.80. The molecule has 1 amide bonds. The Kier molecular flexibility index (Phi) is 5.92. The molecule has 3 aromatic rings. The van der Waals surface area contributed by atoms with Gasteiger partial charge in [-0.1, -0.05) is 37.3 Å². The molecule has 6 nitrogen and oxygen atoms in total. The number of rotatable bonds is 6. The summed E-state index contributed by atoms with van der Waals surface area (Å²) >= 11 is 1.25. The molecule has 0 aliphatic carbocycles. The van der Waals surface area contributed by atoms with E-state index >= 15 is 0 Å². The van der Waals surface area contributed by atoms with Gasteiger partial charge in [0.25, 0.3) is 5.91 Å². The molecule has 0 spiro atoms. The summed E-state index contributed by atoms with van der Waals surface area (Å²) in [4.78, 5) is 40.0. The lowest BCUT2D eigenvalue weighted by molar-refractivity contribution is -0.117. The molecule has 32 heavy (non-hydrogen) atoms. The summed E-state index contributed by atoms with van der Waals surface area (Å²) in [6.45, 7) is 2.04. The van der Waals surface area contributed by atoms with Crippen molar-refractivity contribution in [2.75, 3.05) is 12.0 Å². The Morgan fingerprint density at radius 3 is 2.31 bits per heavy atom. The standard InChI is InChI=1S/C25H21NO5S/c1-3-15-6-8-16(9-7-15)21-20(22(27)19-5-4-14-32-19)23(28)24(29)26(21)18-12-10-17(11-13-18)25(30)31-2/h4-14,21,28H,3H2,1-2H3. The van der Waals surface area contributed by atoms with Crippen LogP contribution in [-0.4, -0.2) is 29.9 Å². The quantitative estimate of drug-likeness (QED) is 0.430. The second-order valence-electron chi connectivity index (χ2n) is 7.28. The Morgan fingerprint density at radius 2 is 1.75 bits per heavy atom. The van der Waals surface area contributed by atoms with E-state index in [0.29, 0.717) is 21.7 Å². The zero-order valence-corrected chi connectivity index (χ0v) is 18.4. The Labute approximate surface area is 189 Å². The minimum Gasteiger partial charge on any atom is -0.503 e. The van der Waals surface area contributed by atoms with E-state index < -0.39 is 23.7 Å². The van der Waals surface area contributed by atoms with Gasteiger partial charge in [-0.15, -0.1) is 11.3 Å². The molecule has 0 saturated carbocycles. The number of anilines is 1. The van der Waals surface area contributed by atoms with Crippen molar-refractivity contribution in [3.8, 4) is 0 Å². The first-order valence-electron chi connectivity index (χ1n) is 10.1. The molecule has 1 atom stereocenters. The summed E-state index contributed by atoms with van der Waals surface area (Å²) in [5.74, 6) is -2.11. The summed E-state index contributed by atoms with van der Waals surface area (Å²) < 4.78 is 4.73. The number of Topliss-reactive ketones (excluding diaryl/α,β-unsaturated/α-hetero) is 1. The number of aliphatic hydroxyl groups is 1. The maximum absolute atomic E-state index is 13.3. The average molecular weight is 448 g/mol. The molecule has 1 aromatic heterocycles. The van der Waals surface area contributed by atoms with Crippen LogP contribution in [0.25, 0.3) is 0 Å². The van der Waals surface area contributed by atoms with Gasteiger partial charge in [0, 0.05) is 5.69 Å². The number of carbonyl (C=O) groups is 3. The van der Waals surface area contributed by atoms with E-state index in [4.69, 9.17) is 4.74 Å². The van der Waals surface area contributed by atoms with Crippen LogP contribution in [-0.2, 0) is 16.0 Å². The molecule has 0 bridgehead atoms. The highest BCUT2D eigenvalue weighted by molar-refractivity contribution is 7.12. The fourth-order valence-electron chi connectivity index (χ4n) is 3.77. The first-order valence-corrected chi connectivity index (χ1v) is 11.0. The Bertz CT molecular complexity index is 1190. The van der Waals surface area contributed by atoms with Crippen molar-refractivity contribution in [1.82, 2.24) is 0 Å². The molecule has 0 radical (unpaired) electrons. The summed E-state index contributed by atoms with van der Waals surface area (Å²) in [5, 5.41) is 12.5. The fraction of sp³-hybridized carbons (Fsp3) is 0.160. The Balaban J connectivity index is 1.82. The third-order valence-electron chi connectivity index (χ3n) is 5.47. The predicted molar refractivity (Wildman–Crippen MR) is 122 cm³/mol.